The van der Waals surface area contributed by atoms with Crippen molar-refractivity contribution in [3.05, 3.63) is 131 Å². The molecule has 0 spiro atoms. The number of benzene rings is 4. The average Bonchev–Trinajstić information content (AvgIpc) is 2.99. The zero-order valence-corrected chi connectivity index (χ0v) is 27.8. The van der Waals surface area contributed by atoms with Crippen LogP contribution in [-0.4, -0.2) is 43.3 Å². The average molecular weight is 626 g/mol. The third kappa shape index (κ3) is 8.82. The van der Waals surface area contributed by atoms with E-state index in [1.54, 1.807) is 36.4 Å². The number of rotatable bonds is 11. The van der Waals surface area contributed by atoms with Gasteiger partial charge in [-0.05, 0) is 82.5 Å². The second-order valence-corrected chi connectivity index (χ2v) is 14.4. The lowest BCUT2D eigenvalue weighted by molar-refractivity contribution is -0.140. The van der Waals surface area contributed by atoms with Crippen molar-refractivity contribution in [1.82, 2.24) is 10.2 Å². The number of aryl methyl sites for hydroxylation is 3. The summed E-state index contributed by atoms with van der Waals surface area (Å²) in [7, 11) is -4.14. The van der Waals surface area contributed by atoms with Gasteiger partial charge in [0.05, 0.1) is 10.6 Å². The first-order chi connectivity index (χ1) is 21.2. The lowest BCUT2D eigenvalue weighted by Gasteiger charge is -2.35. The minimum Gasteiger partial charge on any atom is -0.350 e. The number of amides is 2. The molecule has 8 heteroatoms. The van der Waals surface area contributed by atoms with Gasteiger partial charge >= 0.3 is 0 Å². The molecule has 236 valence electrons. The van der Waals surface area contributed by atoms with Crippen LogP contribution in [0.4, 0.5) is 5.69 Å². The summed E-state index contributed by atoms with van der Waals surface area (Å²) in [5, 5.41) is 3.06. The fraction of sp³-hybridized carbons (Fsp3) is 0.297. The van der Waals surface area contributed by atoms with Crippen LogP contribution in [0, 0.1) is 20.8 Å². The van der Waals surface area contributed by atoms with E-state index < -0.39 is 34.1 Å². The third-order valence-corrected chi connectivity index (χ3v) is 9.37. The van der Waals surface area contributed by atoms with Crippen molar-refractivity contribution in [3.8, 4) is 0 Å². The van der Waals surface area contributed by atoms with Crippen molar-refractivity contribution < 1.29 is 18.0 Å². The van der Waals surface area contributed by atoms with Gasteiger partial charge < -0.3 is 10.2 Å². The molecular weight excluding hydrogens is 582 g/mol. The first-order valence-electron chi connectivity index (χ1n) is 15.1. The number of anilines is 1. The fourth-order valence-corrected chi connectivity index (χ4v) is 6.47. The zero-order chi connectivity index (χ0) is 32.8. The van der Waals surface area contributed by atoms with E-state index in [9.17, 15) is 18.0 Å². The highest BCUT2D eigenvalue weighted by Gasteiger charge is 2.35. The normalized spacial score (nSPS) is 12.3. The Labute approximate surface area is 268 Å². The largest absolute Gasteiger partial charge is 0.350 e. The molecule has 4 aromatic carbocycles. The van der Waals surface area contributed by atoms with Gasteiger partial charge in [-0.2, -0.15) is 0 Å². The van der Waals surface area contributed by atoms with Crippen molar-refractivity contribution in [2.75, 3.05) is 10.8 Å². The number of carbonyl (C=O) groups is 2. The highest BCUT2D eigenvalue weighted by atomic mass is 32.2. The Hall–Kier alpha value is -4.43. The highest BCUT2D eigenvalue weighted by molar-refractivity contribution is 7.92. The molecule has 0 heterocycles. The standard InChI is InChI=1S/C37H43N3O4S/c1-27-16-20-32(21-17-27)40(45(43,44)33-22-18-28(2)19-23-33)26-35(41)39(25-31-15-11-10-12-29(31)3)34(36(42)38-37(4,5)6)24-30-13-8-7-9-14-30/h7-23,34H,24-26H2,1-6H3,(H,38,42)/t34-/m0/s1. The zero-order valence-electron chi connectivity index (χ0n) is 26.9. The molecule has 0 saturated heterocycles. The Morgan fingerprint density at radius 3 is 1.89 bits per heavy atom. The minimum absolute atomic E-state index is 0.0817. The van der Waals surface area contributed by atoms with Crippen molar-refractivity contribution in [2.24, 2.45) is 0 Å². The summed E-state index contributed by atoms with van der Waals surface area (Å²) >= 11 is 0. The number of nitrogens with one attached hydrogen (secondary N) is 1. The van der Waals surface area contributed by atoms with E-state index in [1.165, 1.54) is 4.90 Å². The number of hydrogen-bond acceptors (Lipinski definition) is 4. The molecular formula is C37H43N3O4S. The van der Waals surface area contributed by atoms with Gasteiger partial charge in [0, 0.05) is 18.5 Å². The van der Waals surface area contributed by atoms with E-state index in [1.807, 2.05) is 108 Å². The molecule has 4 rings (SSSR count). The predicted octanol–water partition coefficient (Wildman–Crippen LogP) is 6.36. The van der Waals surface area contributed by atoms with Crippen LogP contribution in [0.25, 0.3) is 0 Å². The third-order valence-electron chi connectivity index (χ3n) is 7.58. The molecule has 2 amide bonds. The lowest BCUT2D eigenvalue weighted by atomic mass is 10.00. The predicted molar refractivity (Wildman–Crippen MR) is 180 cm³/mol. The Kier molecular flexibility index (Phi) is 10.5. The minimum atomic E-state index is -4.14. The van der Waals surface area contributed by atoms with Gasteiger partial charge in [0.25, 0.3) is 10.0 Å². The van der Waals surface area contributed by atoms with Crippen LogP contribution in [-0.2, 0) is 32.6 Å². The van der Waals surface area contributed by atoms with E-state index in [0.29, 0.717) is 5.69 Å². The fourth-order valence-electron chi connectivity index (χ4n) is 5.06. The molecule has 0 aliphatic heterocycles. The number of nitrogens with zero attached hydrogens (tertiary/aromatic N) is 2. The van der Waals surface area contributed by atoms with Crippen LogP contribution in [0.15, 0.2) is 108 Å². The SMILES string of the molecule is Cc1ccc(N(CC(=O)N(Cc2ccccc2C)[C@@H](Cc2ccccc2)C(=O)NC(C)(C)C)S(=O)(=O)c2ccc(C)cc2)cc1. The van der Waals surface area contributed by atoms with E-state index >= 15 is 0 Å². The Morgan fingerprint density at radius 1 is 0.756 bits per heavy atom. The number of sulfonamides is 1. The van der Waals surface area contributed by atoms with Crippen molar-refractivity contribution >= 4 is 27.5 Å². The van der Waals surface area contributed by atoms with Crippen LogP contribution < -0.4 is 9.62 Å². The van der Waals surface area contributed by atoms with Crippen molar-refractivity contribution in [1.29, 1.82) is 0 Å². The second kappa shape index (κ2) is 14.1. The summed E-state index contributed by atoms with van der Waals surface area (Å²) in [5.74, 6) is -0.795. The van der Waals surface area contributed by atoms with Crippen molar-refractivity contribution in [3.63, 3.8) is 0 Å². The second-order valence-electron chi connectivity index (χ2n) is 12.6. The van der Waals surface area contributed by atoms with Gasteiger partial charge in [-0.15, -0.1) is 0 Å². The van der Waals surface area contributed by atoms with Gasteiger partial charge in [0.2, 0.25) is 11.8 Å². The monoisotopic (exact) mass is 625 g/mol. The van der Waals surface area contributed by atoms with Crippen LogP contribution in [0.2, 0.25) is 0 Å². The smallest absolute Gasteiger partial charge is 0.264 e. The molecule has 0 aliphatic carbocycles. The quantitative estimate of drug-likeness (QED) is 0.210. The Morgan fingerprint density at radius 2 is 1.31 bits per heavy atom. The van der Waals surface area contributed by atoms with Gasteiger partial charge in [-0.1, -0.05) is 90.0 Å². The Bertz CT molecular complexity index is 1710. The van der Waals surface area contributed by atoms with E-state index in [-0.39, 0.29) is 23.8 Å². The highest BCUT2D eigenvalue weighted by Crippen LogP contribution is 2.26. The molecule has 4 aromatic rings. The van der Waals surface area contributed by atoms with E-state index in [2.05, 4.69) is 5.32 Å². The summed E-state index contributed by atoms with van der Waals surface area (Å²) in [6.45, 7) is 11.1. The van der Waals surface area contributed by atoms with Gasteiger partial charge in [-0.25, -0.2) is 8.42 Å². The van der Waals surface area contributed by atoms with Crippen molar-refractivity contribution in [2.45, 2.75) is 71.0 Å². The summed E-state index contributed by atoms with van der Waals surface area (Å²) in [6.07, 6.45) is 0.260. The molecule has 1 N–H and O–H groups in total. The van der Waals surface area contributed by atoms with Crippen LogP contribution in [0.5, 0.6) is 0 Å². The molecule has 7 nitrogen and oxygen atoms in total. The topological polar surface area (TPSA) is 86.8 Å². The van der Waals surface area contributed by atoms with E-state index in [4.69, 9.17) is 0 Å². The summed E-state index contributed by atoms with van der Waals surface area (Å²) in [5.41, 5.74) is 4.42. The first kappa shape index (κ1) is 33.5. The van der Waals surface area contributed by atoms with Crippen LogP contribution in [0.3, 0.4) is 0 Å². The molecule has 45 heavy (non-hydrogen) atoms. The van der Waals surface area contributed by atoms with Gasteiger partial charge in [0.1, 0.15) is 12.6 Å². The summed E-state index contributed by atoms with van der Waals surface area (Å²) in [6, 6.07) is 30.0. The Balaban J connectivity index is 1.82. The molecule has 1 atom stereocenters. The van der Waals surface area contributed by atoms with Gasteiger partial charge in [0.15, 0.2) is 0 Å². The number of hydrogen-bond donors (Lipinski definition) is 1. The van der Waals surface area contributed by atoms with Crippen LogP contribution in [0.1, 0.15) is 48.6 Å². The molecule has 0 unspecified atom stereocenters. The molecule has 0 aliphatic rings. The lowest BCUT2D eigenvalue weighted by Crippen LogP contribution is -2.56. The maximum atomic E-state index is 14.6. The molecule has 0 aromatic heterocycles. The summed E-state index contributed by atoms with van der Waals surface area (Å²) in [4.78, 5) is 30.2. The van der Waals surface area contributed by atoms with E-state index in [0.717, 1.165) is 32.1 Å². The summed E-state index contributed by atoms with van der Waals surface area (Å²) < 4.78 is 29.5. The van der Waals surface area contributed by atoms with Gasteiger partial charge in [-0.3, -0.25) is 13.9 Å². The van der Waals surface area contributed by atoms with Crippen LogP contribution >= 0.6 is 0 Å². The maximum Gasteiger partial charge on any atom is 0.264 e. The first-order valence-corrected chi connectivity index (χ1v) is 16.5. The number of carbonyl (C=O) groups excluding carboxylic acids is 2. The molecule has 0 saturated carbocycles. The molecule has 0 bridgehead atoms. The molecule has 0 radical (unpaired) electrons. The molecule has 0 fully saturated rings. The maximum absolute atomic E-state index is 14.6.